The SMILES string of the molecule is CCC(C)C(C)NC(=O)c1ccc(NC)cc1. The van der Waals surface area contributed by atoms with Crippen LogP contribution in [0.3, 0.4) is 0 Å². The van der Waals surface area contributed by atoms with Gasteiger partial charge in [0.05, 0.1) is 0 Å². The summed E-state index contributed by atoms with van der Waals surface area (Å²) >= 11 is 0. The summed E-state index contributed by atoms with van der Waals surface area (Å²) < 4.78 is 0. The fourth-order valence-corrected chi connectivity index (χ4v) is 1.57. The number of hydrogen-bond donors (Lipinski definition) is 2. The third-order valence-corrected chi connectivity index (χ3v) is 3.29. The Morgan fingerprint density at radius 3 is 2.29 bits per heavy atom. The van der Waals surface area contributed by atoms with E-state index in [9.17, 15) is 4.79 Å². The van der Waals surface area contributed by atoms with Crippen molar-refractivity contribution in [3.8, 4) is 0 Å². The van der Waals surface area contributed by atoms with E-state index in [1.807, 2.05) is 38.2 Å². The zero-order chi connectivity index (χ0) is 12.8. The van der Waals surface area contributed by atoms with E-state index in [2.05, 4.69) is 24.5 Å². The van der Waals surface area contributed by atoms with E-state index in [-0.39, 0.29) is 11.9 Å². The van der Waals surface area contributed by atoms with Gasteiger partial charge in [0.15, 0.2) is 0 Å². The molecule has 0 aliphatic rings. The van der Waals surface area contributed by atoms with Crippen molar-refractivity contribution in [3.05, 3.63) is 29.8 Å². The molecule has 0 aliphatic carbocycles. The summed E-state index contributed by atoms with van der Waals surface area (Å²) in [5.74, 6) is 0.496. The molecule has 0 saturated carbocycles. The molecule has 2 atom stereocenters. The van der Waals surface area contributed by atoms with Crippen LogP contribution in [0.15, 0.2) is 24.3 Å². The molecule has 0 aromatic heterocycles. The van der Waals surface area contributed by atoms with E-state index >= 15 is 0 Å². The molecule has 0 aliphatic heterocycles. The molecular weight excluding hydrogens is 212 g/mol. The van der Waals surface area contributed by atoms with E-state index in [0.717, 1.165) is 12.1 Å². The third-order valence-electron chi connectivity index (χ3n) is 3.29. The quantitative estimate of drug-likeness (QED) is 0.822. The Morgan fingerprint density at radius 1 is 1.24 bits per heavy atom. The van der Waals surface area contributed by atoms with Crippen molar-refractivity contribution in [1.29, 1.82) is 0 Å². The number of rotatable bonds is 5. The molecule has 0 fully saturated rings. The molecule has 2 unspecified atom stereocenters. The van der Waals surface area contributed by atoms with Gasteiger partial charge in [-0.15, -0.1) is 0 Å². The molecule has 1 amide bonds. The monoisotopic (exact) mass is 234 g/mol. The number of hydrogen-bond acceptors (Lipinski definition) is 2. The van der Waals surface area contributed by atoms with Gasteiger partial charge in [-0.25, -0.2) is 0 Å². The number of nitrogens with one attached hydrogen (secondary N) is 2. The normalized spacial score (nSPS) is 13.9. The van der Waals surface area contributed by atoms with E-state index in [0.29, 0.717) is 11.5 Å². The fraction of sp³-hybridized carbons (Fsp3) is 0.500. The second kappa shape index (κ2) is 6.28. The van der Waals surface area contributed by atoms with E-state index in [1.54, 1.807) is 0 Å². The average Bonchev–Trinajstić information content (AvgIpc) is 2.37. The van der Waals surface area contributed by atoms with Gasteiger partial charge in [-0.1, -0.05) is 20.3 Å². The largest absolute Gasteiger partial charge is 0.388 e. The predicted octanol–water partition coefficient (Wildman–Crippen LogP) is 2.89. The first-order valence-electron chi connectivity index (χ1n) is 6.17. The van der Waals surface area contributed by atoms with Crippen molar-refractivity contribution in [1.82, 2.24) is 5.32 Å². The molecule has 0 heterocycles. The predicted molar refractivity (Wildman–Crippen MR) is 72.4 cm³/mol. The van der Waals surface area contributed by atoms with Gasteiger partial charge in [0.1, 0.15) is 0 Å². The Balaban J connectivity index is 2.63. The minimum atomic E-state index is 0.000420. The molecule has 3 heteroatoms. The average molecular weight is 234 g/mol. The number of benzene rings is 1. The summed E-state index contributed by atoms with van der Waals surface area (Å²) in [6.45, 7) is 6.33. The van der Waals surface area contributed by atoms with Gasteiger partial charge in [-0.2, -0.15) is 0 Å². The van der Waals surface area contributed by atoms with Crippen LogP contribution in [0.5, 0.6) is 0 Å². The maximum Gasteiger partial charge on any atom is 0.251 e. The standard InChI is InChI=1S/C14H22N2O/c1-5-10(2)11(3)16-14(17)12-6-8-13(15-4)9-7-12/h6-11,15H,5H2,1-4H3,(H,16,17). The van der Waals surface area contributed by atoms with Crippen molar-refractivity contribution >= 4 is 11.6 Å². The lowest BCUT2D eigenvalue weighted by Gasteiger charge is -2.19. The lowest BCUT2D eigenvalue weighted by molar-refractivity contribution is 0.0928. The van der Waals surface area contributed by atoms with Gasteiger partial charge >= 0.3 is 0 Å². The molecular formula is C14H22N2O. The molecule has 3 nitrogen and oxygen atoms in total. The second-order valence-electron chi connectivity index (χ2n) is 4.48. The highest BCUT2D eigenvalue weighted by Crippen LogP contribution is 2.11. The highest BCUT2D eigenvalue weighted by atomic mass is 16.1. The molecule has 1 rings (SSSR count). The van der Waals surface area contributed by atoms with Crippen LogP contribution < -0.4 is 10.6 Å². The van der Waals surface area contributed by atoms with Crippen molar-refractivity contribution in [2.45, 2.75) is 33.2 Å². The lowest BCUT2D eigenvalue weighted by Crippen LogP contribution is -2.36. The summed E-state index contributed by atoms with van der Waals surface area (Å²) in [7, 11) is 1.86. The van der Waals surface area contributed by atoms with Crippen molar-refractivity contribution < 1.29 is 4.79 Å². The van der Waals surface area contributed by atoms with Crippen molar-refractivity contribution in [2.24, 2.45) is 5.92 Å². The molecule has 1 aromatic rings. The van der Waals surface area contributed by atoms with Crippen LogP contribution in [-0.4, -0.2) is 19.0 Å². The van der Waals surface area contributed by atoms with E-state index < -0.39 is 0 Å². The summed E-state index contributed by atoms with van der Waals surface area (Å²) in [6.07, 6.45) is 1.07. The lowest BCUT2D eigenvalue weighted by atomic mass is 10.0. The van der Waals surface area contributed by atoms with Gasteiger partial charge < -0.3 is 10.6 Å². The summed E-state index contributed by atoms with van der Waals surface area (Å²) in [5.41, 5.74) is 1.72. The third kappa shape index (κ3) is 3.77. The molecule has 17 heavy (non-hydrogen) atoms. The molecule has 0 spiro atoms. The molecule has 0 saturated heterocycles. The molecule has 1 aromatic carbocycles. The van der Waals surface area contributed by atoms with Crippen LogP contribution in [0.1, 0.15) is 37.6 Å². The van der Waals surface area contributed by atoms with Crippen LogP contribution in [0, 0.1) is 5.92 Å². The Bertz CT molecular complexity index is 359. The zero-order valence-corrected chi connectivity index (χ0v) is 11.1. The fourth-order valence-electron chi connectivity index (χ4n) is 1.57. The second-order valence-corrected chi connectivity index (χ2v) is 4.48. The number of carbonyl (C=O) groups excluding carboxylic acids is 1. The van der Waals surface area contributed by atoms with Gasteiger partial charge in [0, 0.05) is 24.3 Å². The highest BCUT2D eigenvalue weighted by Gasteiger charge is 2.14. The first kappa shape index (κ1) is 13.6. The summed E-state index contributed by atoms with van der Waals surface area (Å²) in [5, 5.41) is 6.05. The van der Waals surface area contributed by atoms with Crippen LogP contribution in [0.4, 0.5) is 5.69 Å². The Morgan fingerprint density at radius 2 is 1.82 bits per heavy atom. The minimum absolute atomic E-state index is 0.000420. The Hall–Kier alpha value is -1.51. The van der Waals surface area contributed by atoms with E-state index in [1.165, 1.54) is 0 Å². The molecule has 2 N–H and O–H groups in total. The van der Waals surface area contributed by atoms with Gasteiger partial charge in [-0.05, 0) is 37.1 Å². The van der Waals surface area contributed by atoms with Crippen molar-refractivity contribution in [2.75, 3.05) is 12.4 Å². The Labute approximate surface area is 104 Å². The number of carbonyl (C=O) groups is 1. The van der Waals surface area contributed by atoms with Crippen molar-refractivity contribution in [3.63, 3.8) is 0 Å². The number of amides is 1. The maximum atomic E-state index is 11.9. The Kier molecular flexibility index (Phi) is 5.01. The minimum Gasteiger partial charge on any atom is -0.388 e. The maximum absolute atomic E-state index is 11.9. The first-order valence-corrected chi connectivity index (χ1v) is 6.17. The molecule has 0 radical (unpaired) electrons. The van der Waals surface area contributed by atoms with Gasteiger partial charge in [0.25, 0.3) is 5.91 Å². The molecule has 94 valence electrons. The number of anilines is 1. The summed E-state index contributed by atoms with van der Waals surface area (Å²) in [6, 6.07) is 7.69. The molecule has 0 bridgehead atoms. The smallest absolute Gasteiger partial charge is 0.251 e. The van der Waals surface area contributed by atoms with Crippen LogP contribution >= 0.6 is 0 Å². The first-order chi connectivity index (χ1) is 8.08. The van der Waals surface area contributed by atoms with Crippen LogP contribution in [-0.2, 0) is 0 Å². The van der Waals surface area contributed by atoms with Crippen LogP contribution in [0.2, 0.25) is 0 Å². The van der Waals surface area contributed by atoms with Gasteiger partial charge in [-0.3, -0.25) is 4.79 Å². The summed E-state index contributed by atoms with van der Waals surface area (Å²) in [4.78, 5) is 11.9. The topological polar surface area (TPSA) is 41.1 Å². The van der Waals surface area contributed by atoms with Gasteiger partial charge in [0.2, 0.25) is 0 Å². The van der Waals surface area contributed by atoms with Crippen LogP contribution in [0.25, 0.3) is 0 Å². The zero-order valence-electron chi connectivity index (χ0n) is 11.1. The van der Waals surface area contributed by atoms with E-state index in [4.69, 9.17) is 0 Å². The highest BCUT2D eigenvalue weighted by molar-refractivity contribution is 5.94.